The van der Waals surface area contributed by atoms with Crippen molar-refractivity contribution < 1.29 is 5.11 Å². The molecule has 8 heteroatoms. The minimum atomic E-state index is -1.08. The first kappa shape index (κ1) is 21.5. The van der Waals surface area contributed by atoms with Crippen LogP contribution in [0.5, 0.6) is 0 Å². The second kappa shape index (κ2) is 8.05. The zero-order valence-corrected chi connectivity index (χ0v) is 20.3. The molecule has 0 aromatic carbocycles. The van der Waals surface area contributed by atoms with Crippen molar-refractivity contribution in [3.63, 3.8) is 0 Å². The summed E-state index contributed by atoms with van der Waals surface area (Å²) in [5.74, 6) is 6.18. The summed E-state index contributed by atoms with van der Waals surface area (Å²) >= 11 is 1.63. The average Bonchev–Trinajstić information content (AvgIpc) is 3.44. The number of likely N-dealkylation sites (tertiary alicyclic amines) is 1. The summed E-state index contributed by atoms with van der Waals surface area (Å²) in [4.78, 5) is 16.3. The molecule has 0 spiro atoms. The monoisotopic (exact) mass is 472 g/mol. The maximum absolute atomic E-state index is 10.1. The number of aromatic nitrogens is 4. The molecule has 0 atom stereocenters. The molecule has 0 amide bonds. The molecule has 1 aliphatic heterocycles. The molecule has 1 aliphatic carbocycles. The Kier molecular flexibility index (Phi) is 5.10. The van der Waals surface area contributed by atoms with Crippen LogP contribution in [0.2, 0.25) is 0 Å². The first-order chi connectivity index (χ1) is 16.4. The standard InChI is InChI=1S/C26H28N6OS/c1-26(2,33)9-5-16-13-19-20(23-24-21(8-12-34-24)29-25(27)30-23)15-32(22(19)14-28-16)18-6-10-31(11-7-18)17-3-4-17/h8,12-15,17-18,33H,3-4,6-7,10-11H2,1-2H3,(H2,27,29,30). The Morgan fingerprint density at radius 3 is 2.68 bits per heavy atom. The van der Waals surface area contributed by atoms with Gasteiger partial charge in [-0.1, -0.05) is 5.92 Å². The minimum absolute atomic E-state index is 0.274. The highest BCUT2D eigenvalue weighted by atomic mass is 32.1. The van der Waals surface area contributed by atoms with Gasteiger partial charge in [0.2, 0.25) is 5.95 Å². The number of hydrogen-bond donors (Lipinski definition) is 2. The number of hydrogen-bond acceptors (Lipinski definition) is 7. The molecule has 5 heterocycles. The number of nitrogens with two attached hydrogens (primary N) is 1. The number of anilines is 1. The Balaban J connectivity index is 1.49. The van der Waals surface area contributed by atoms with Crippen molar-refractivity contribution in [2.45, 2.75) is 57.2 Å². The van der Waals surface area contributed by atoms with E-state index in [1.54, 1.807) is 25.2 Å². The fourth-order valence-electron chi connectivity index (χ4n) is 4.96. The third kappa shape index (κ3) is 4.05. The maximum atomic E-state index is 10.1. The molecule has 0 bridgehead atoms. The van der Waals surface area contributed by atoms with Crippen LogP contribution in [0.15, 0.2) is 29.9 Å². The van der Waals surface area contributed by atoms with E-state index in [-0.39, 0.29) is 5.95 Å². The molecule has 174 valence electrons. The van der Waals surface area contributed by atoms with Crippen LogP contribution in [-0.4, -0.2) is 54.3 Å². The summed E-state index contributed by atoms with van der Waals surface area (Å²) in [5.41, 5.74) is 9.46. The summed E-state index contributed by atoms with van der Waals surface area (Å²) in [7, 11) is 0. The van der Waals surface area contributed by atoms with Crippen molar-refractivity contribution in [3.8, 4) is 23.1 Å². The van der Waals surface area contributed by atoms with Crippen LogP contribution in [0.3, 0.4) is 0 Å². The molecule has 2 fully saturated rings. The van der Waals surface area contributed by atoms with Crippen molar-refractivity contribution in [2.24, 2.45) is 0 Å². The zero-order chi connectivity index (χ0) is 23.4. The smallest absolute Gasteiger partial charge is 0.221 e. The lowest BCUT2D eigenvalue weighted by Gasteiger charge is -2.33. The maximum Gasteiger partial charge on any atom is 0.221 e. The van der Waals surface area contributed by atoms with Crippen molar-refractivity contribution in [2.75, 3.05) is 18.8 Å². The van der Waals surface area contributed by atoms with E-state index in [9.17, 15) is 5.11 Å². The van der Waals surface area contributed by atoms with Crippen LogP contribution in [0.25, 0.3) is 32.4 Å². The predicted molar refractivity (Wildman–Crippen MR) is 137 cm³/mol. The molecular weight excluding hydrogens is 444 g/mol. The normalized spacial score (nSPS) is 17.9. The Morgan fingerprint density at radius 1 is 1.15 bits per heavy atom. The molecule has 6 rings (SSSR count). The van der Waals surface area contributed by atoms with E-state index in [2.05, 4.69) is 42.5 Å². The SMILES string of the molecule is CC(C)(O)C#Cc1cc2c(-c3nc(N)nc4ccsc34)cn(C3CCN(C4CC4)CC3)c2cn1. The molecular formula is C26H28N6OS. The summed E-state index contributed by atoms with van der Waals surface area (Å²) in [6, 6.07) is 5.22. The lowest BCUT2D eigenvalue weighted by atomic mass is 10.0. The fourth-order valence-corrected chi connectivity index (χ4v) is 5.79. The molecule has 4 aromatic rings. The second-order valence-corrected chi connectivity index (χ2v) is 10.8. The van der Waals surface area contributed by atoms with Gasteiger partial charge in [-0.15, -0.1) is 11.3 Å². The van der Waals surface area contributed by atoms with Crippen LogP contribution in [0.1, 0.15) is 51.3 Å². The molecule has 1 saturated carbocycles. The highest BCUT2D eigenvalue weighted by Crippen LogP contribution is 2.39. The van der Waals surface area contributed by atoms with E-state index in [1.807, 2.05) is 23.7 Å². The average molecular weight is 473 g/mol. The third-order valence-corrected chi connectivity index (χ3v) is 7.66. The minimum Gasteiger partial charge on any atom is -0.378 e. The highest BCUT2D eigenvalue weighted by molar-refractivity contribution is 7.17. The van der Waals surface area contributed by atoms with Gasteiger partial charge in [-0.2, -0.15) is 0 Å². The van der Waals surface area contributed by atoms with Crippen LogP contribution < -0.4 is 5.73 Å². The fraction of sp³-hybridized carbons (Fsp3) is 0.423. The first-order valence-electron chi connectivity index (χ1n) is 11.9. The lowest BCUT2D eigenvalue weighted by molar-refractivity contribution is 0.143. The number of fused-ring (bicyclic) bond motifs is 2. The van der Waals surface area contributed by atoms with Crippen molar-refractivity contribution in [1.29, 1.82) is 0 Å². The predicted octanol–water partition coefficient (Wildman–Crippen LogP) is 4.21. The van der Waals surface area contributed by atoms with Gasteiger partial charge in [-0.25, -0.2) is 15.0 Å². The van der Waals surface area contributed by atoms with E-state index in [0.29, 0.717) is 11.7 Å². The van der Waals surface area contributed by atoms with E-state index in [0.717, 1.165) is 64.3 Å². The van der Waals surface area contributed by atoms with E-state index in [1.165, 1.54) is 12.8 Å². The summed E-state index contributed by atoms with van der Waals surface area (Å²) in [6.07, 6.45) is 9.09. The molecule has 2 aliphatic rings. The van der Waals surface area contributed by atoms with Crippen molar-refractivity contribution in [3.05, 3.63) is 35.6 Å². The molecule has 1 saturated heterocycles. The van der Waals surface area contributed by atoms with Gasteiger partial charge in [-0.3, -0.25) is 0 Å². The van der Waals surface area contributed by atoms with Crippen LogP contribution in [-0.2, 0) is 0 Å². The first-order valence-corrected chi connectivity index (χ1v) is 12.7. The number of piperidine rings is 1. The quantitative estimate of drug-likeness (QED) is 0.434. The number of rotatable bonds is 3. The van der Waals surface area contributed by atoms with Crippen LogP contribution in [0.4, 0.5) is 5.95 Å². The number of aliphatic hydroxyl groups is 1. The van der Waals surface area contributed by atoms with Gasteiger partial charge < -0.3 is 20.3 Å². The zero-order valence-electron chi connectivity index (χ0n) is 19.5. The number of thiophene rings is 1. The Hall–Kier alpha value is -2.99. The topological polar surface area (TPSA) is 93.1 Å². The van der Waals surface area contributed by atoms with Crippen molar-refractivity contribution in [1.82, 2.24) is 24.4 Å². The van der Waals surface area contributed by atoms with Gasteiger partial charge in [0.05, 0.1) is 27.6 Å². The van der Waals surface area contributed by atoms with E-state index >= 15 is 0 Å². The largest absolute Gasteiger partial charge is 0.378 e. The van der Waals surface area contributed by atoms with Gasteiger partial charge in [0.25, 0.3) is 0 Å². The Bertz CT molecular complexity index is 1440. The molecule has 34 heavy (non-hydrogen) atoms. The van der Waals surface area contributed by atoms with Gasteiger partial charge >= 0.3 is 0 Å². The van der Waals surface area contributed by atoms with Gasteiger partial charge in [-0.05, 0) is 63.0 Å². The summed E-state index contributed by atoms with van der Waals surface area (Å²) in [6.45, 7) is 5.63. The van der Waals surface area contributed by atoms with Crippen LogP contribution in [0, 0.1) is 11.8 Å². The third-order valence-electron chi connectivity index (χ3n) is 6.75. The van der Waals surface area contributed by atoms with Crippen LogP contribution >= 0.6 is 11.3 Å². The summed E-state index contributed by atoms with van der Waals surface area (Å²) < 4.78 is 3.41. The Labute approximate surface area is 202 Å². The molecule has 0 unspecified atom stereocenters. The molecule has 0 radical (unpaired) electrons. The van der Waals surface area contributed by atoms with Gasteiger partial charge in [0.1, 0.15) is 11.3 Å². The highest BCUT2D eigenvalue weighted by Gasteiger charge is 2.33. The van der Waals surface area contributed by atoms with Gasteiger partial charge in [0, 0.05) is 42.3 Å². The molecule has 4 aromatic heterocycles. The number of nitrogens with zero attached hydrogens (tertiary/aromatic N) is 5. The van der Waals surface area contributed by atoms with Gasteiger partial charge in [0.15, 0.2) is 0 Å². The Morgan fingerprint density at radius 2 is 1.94 bits per heavy atom. The second-order valence-electron chi connectivity index (χ2n) is 9.91. The lowest BCUT2D eigenvalue weighted by Crippen LogP contribution is -2.35. The molecule has 3 N–H and O–H groups in total. The summed E-state index contributed by atoms with van der Waals surface area (Å²) in [5, 5.41) is 13.1. The number of nitrogen functional groups attached to an aromatic ring is 1. The van der Waals surface area contributed by atoms with Crippen molar-refractivity contribution >= 4 is 38.4 Å². The van der Waals surface area contributed by atoms with E-state index in [4.69, 9.17) is 5.73 Å². The number of pyridine rings is 1. The van der Waals surface area contributed by atoms with E-state index < -0.39 is 5.60 Å². The molecule has 7 nitrogen and oxygen atoms in total.